The van der Waals surface area contributed by atoms with E-state index in [1.165, 1.54) is 6.08 Å². The van der Waals surface area contributed by atoms with Crippen molar-refractivity contribution in [3.8, 4) is 0 Å². The number of hydrogen-bond donors (Lipinski definition) is 2. The third kappa shape index (κ3) is 2.35. The highest BCUT2D eigenvalue weighted by atomic mass is 28.3. The molecule has 4 nitrogen and oxygen atoms in total. The van der Waals surface area contributed by atoms with Crippen molar-refractivity contribution in [2.24, 2.45) is 5.92 Å². The van der Waals surface area contributed by atoms with Crippen molar-refractivity contribution in [1.82, 2.24) is 0 Å². The van der Waals surface area contributed by atoms with Gasteiger partial charge in [-0.05, 0) is 12.8 Å². The third-order valence-electron chi connectivity index (χ3n) is 4.61. The molecule has 5 heteroatoms. The fourth-order valence-corrected chi connectivity index (χ4v) is 7.16. The van der Waals surface area contributed by atoms with Crippen LogP contribution in [0.3, 0.4) is 0 Å². The minimum Gasteiger partial charge on any atom is -0.481 e. The molecule has 0 bridgehead atoms. The molecule has 112 valence electrons. The molecule has 0 aliphatic heterocycles. The Labute approximate surface area is 121 Å². The lowest BCUT2D eigenvalue weighted by atomic mass is 9.73. The first kappa shape index (κ1) is 16.7. The van der Waals surface area contributed by atoms with Gasteiger partial charge < -0.3 is 10.2 Å². The molecule has 2 N–H and O–H groups in total. The van der Waals surface area contributed by atoms with Gasteiger partial charge in [-0.25, -0.2) is 4.79 Å². The fourth-order valence-electron chi connectivity index (χ4n) is 3.73. The molecule has 0 radical (unpaired) electrons. The van der Waals surface area contributed by atoms with Crippen LogP contribution in [-0.2, 0) is 9.59 Å². The predicted octanol–water partition coefficient (Wildman–Crippen LogP) is 3.54. The highest BCUT2D eigenvalue weighted by molar-refractivity contribution is 6.80. The van der Waals surface area contributed by atoms with Gasteiger partial charge in [-0.1, -0.05) is 51.2 Å². The van der Waals surface area contributed by atoms with Crippen molar-refractivity contribution in [2.75, 3.05) is 0 Å². The molecule has 20 heavy (non-hydrogen) atoms. The van der Waals surface area contributed by atoms with Crippen LogP contribution >= 0.6 is 0 Å². The van der Waals surface area contributed by atoms with Gasteiger partial charge >= 0.3 is 11.9 Å². The highest BCUT2D eigenvalue weighted by Gasteiger charge is 2.56. The summed E-state index contributed by atoms with van der Waals surface area (Å²) >= 11 is 0. The Bertz CT molecular complexity index is 485. The molecule has 0 saturated heterocycles. The lowest BCUT2D eigenvalue weighted by molar-refractivity contribution is -0.145. The van der Waals surface area contributed by atoms with E-state index in [0.29, 0.717) is 6.42 Å². The first-order chi connectivity index (χ1) is 9.13. The van der Waals surface area contributed by atoms with Gasteiger partial charge in [0.15, 0.2) is 0 Å². The standard InChI is InChI=1S/C15H24O4Si/c1-6-10-8-9-11(13(16)17)12(14(18)19)15(10,7-2)20(3,4)5/h8-9,12H,6-7H2,1-5H3,(H,16,17)(H,18,19). The zero-order valence-electron chi connectivity index (χ0n) is 12.9. The molecular formula is C15H24O4Si. The zero-order valence-corrected chi connectivity index (χ0v) is 13.9. The van der Waals surface area contributed by atoms with Crippen molar-refractivity contribution < 1.29 is 19.8 Å². The lowest BCUT2D eigenvalue weighted by Crippen LogP contribution is -2.50. The molecule has 1 aliphatic rings. The molecule has 2 atom stereocenters. The molecule has 0 spiro atoms. The maximum absolute atomic E-state index is 11.8. The minimum atomic E-state index is -1.96. The molecule has 1 aliphatic carbocycles. The van der Waals surface area contributed by atoms with Crippen molar-refractivity contribution in [1.29, 1.82) is 0 Å². The third-order valence-corrected chi connectivity index (χ3v) is 8.25. The Morgan fingerprint density at radius 1 is 1.20 bits per heavy atom. The van der Waals surface area contributed by atoms with Crippen molar-refractivity contribution in [3.05, 3.63) is 23.3 Å². The first-order valence-corrected chi connectivity index (χ1v) is 10.5. The Balaban J connectivity index is 3.66. The van der Waals surface area contributed by atoms with Crippen molar-refractivity contribution in [3.63, 3.8) is 0 Å². The summed E-state index contributed by atoms with van der Waals surface area (Å²) in [6.07, 6.45) is 4.73. The number of carbonyl (C=O) groups is 2. The molecule has 0 saturated carbocycles. The van der Waals surface area contributed by atoms with Crippen molar-refractivity contribution in [2.45, 2.75) is 51.4 Å². The zero-order chi connectivity index (χ0) is 15.7. The van der Waals surface area contributed by atoms with Crippen LogP contribution in [-0.4, -0.2) is 30.2 Å². The number of allylic oxidation sites excluding steroid dienone is 3. The maximum Gasteiger partial charge on any atom is 0.332 e. The van der Waals surface area contributed by atoms with Crippen LogP contribution in [0.4, 0.5) is 0 Å². The average Bonchev–Trinajstić information content (AvgIpc) is 2.34. The number of carboxylic acid groups (broad SMARTS) is 2. The van der Waals surface area contributed by atoms with Crippen LogP contribution in [0.2, 0.25) is 24.7 Å². The van der Waals surface area contributed by atoms with Gasteiger partial charge in [0, 0.05) is 5.04 Å². The maximum atomic E-state index is 11.8. The Hall–Kier alpha value is -1.36. The normalized spacial score (nSPS) is 26.8. The van der Waals surface area contributed by atoms with Gasteiger partial charge in [0.25, 0.3) is 0 Å². The molecule has 0 aromatic heterocycles. The van der Waals surface area contributed by atoms with Gasteiger partial charge in [0.2, 0.25) is 0 Å². The van der Waals surface area contributed by atoms with E-state index in [1.54, 1.807) is 0 Å². The van der Waals surface area contributed by atoms with E-state index < -0.39 is 31.0 Å². The molecule has 2 unspecified atom stereocenters. The van der Waals surface area contributed by atoms with E-state index in [4.69, 9.17) is 0 Å². The summed E-state index contributed by atoms with van der Waals surface area (Å²) < 4.78 is 0. The van der Waals surface area contributed by atoms with Gasteiger partial charge in [0.05, 0.1) is 19.6 Å². The van der Waals surface area contributed by atoms with E-state index in [9.17, 15) is 19.8 Å². The first-order valence-electron chi connectivity index (χ1n) is 7.00. The number of carboxylic acids is 2. The van der Waals surface area contributed by atoms with Gasteiger partial charge in [-0.15, -0.1) is 0 Å². The summed E-state index contributed by atoms with van der Waals surface area (Å²) in [5.74, 6) is -3.10. The average molecular weight is 296 g/mol. The number of hydrogen-bond acceptors (Lipinski definition) is 2. The van der Waals surface area contributed by atoms with E-state index in [0.717, 1.165) is 12.0 Å². The second-order valence-corrected chi connectivity index (χ2v) is 11.7. The Morgan fingerprint density at radius 2 is 1.75 bits per heavy atom. The van der Waals surface area contributed by atoms with Crippen molar-refractivity contribution >= 4 is 20.0 Å². The summed E-state index contributed by atoms with van der Waals surface area (Å²) in [6, 6.07) is 0. The summed E-state index contributed by atoms with van der Waals surface area (Å²) in [5.41, 5.74) is 1.09. The van der Waals surface area contributed by atoms with Crippen LogP contribution in [0.5, 0.6) is 0 Å². The van der Waals surface area contributed by atoms with E-state index >= 15 is 0 Å². The van der Waals surface area contributed by atoms with Gasteiger partial charge in [0.1, 0.15) is 0 Å². The van der Waals surface area contributed by atoms with Crippen LogP contribution in [0.25, 0.3) is 0 Å². The summed E-state index contributed by atoms with van der Waals surface area (Å²) in [7, 11) is -1.96. The van der Waals surface area contributed by atoms with E-state index in [-0.39, 0.29) is 5.57 Å². The molecule has 0 amide bonds. The minimum absolute atomic E-state index is 0.0129. The molecule has 1 rings (SSSR count). The second kappa shape index (κ2) is 5.56. The van der Waals surface area contributed by atoms with Crippen LogP contribution in [0, 0.1) is 5.92 Å². The summed E-state index contributed by atoms with van der Waals surface area (Å²) in [4.78, 5) is 23.3. The van der Waals surface area contributed by atoms with E-state index in [2.05, 4.69) is 19.6 Å². The van der Waals surface area contributed by atoms with Gasteiger partial charge in [-0.3, -0.25) is 4.79 Å². The smallest absolute Gasteiger partial charge is 0.332 e. The summed E-state index contributed by atoms with van der Waals surface area (Å²) in [5, 5.41) is 18.5. The molecular weight excluding hydrogens is 272 g/mol. The Morgan fingerprint density at radius 3 is 2.05 bits per heavy atom. The Kier molecular flexibility index (Phi) is 4.64. The number of rotatable bonds is 5. The lowest BCUT2D eigenvalue weighted by Gasteiger charge is -2.50. The largest absolute Gasteiger partial charge is 0.481 e. The van der Waals surface area contributed by atoms with Crippen LogP contribution in [0.15, 0.2) is 23.3 Å². The monoisotopic (exact) mass is 296 g/mol. The molecule has 0 fully saturated rings. The highest BCUT2D eigenvalue weighted by Crippen LogP contribution is 2.59. The van der Waals surface area contributed by atoms with Gasteiger partial charge in [-0.2, -0.15) is 0 Å². The SMILES string of the molecule is CCC1=CC=C(C(=O)O)C(C(=O)O)C1(CC)[Si](C)(C)C. The topological polar surface area (TPSA) is 74.6 Å². The molecule has 0 aromatic rings. The van der Waals surface area contributed by atoms with Crippen LogP contribution < -0.4 is 0 Å². The van der Waals surface area contributed by atoms with Crippen LogP contribution in [0.1, 0.15) is 26.7 Å². The summed E-state index contributed by atoms with van der Waals surface area (Å²) in [6.45, 7) is 10.4. The van der Waals surface area contributed by atoms with E-state index in [1.807, 2.05) is 19.9 Å². The quantitative estimate of drug-likeness (QED) is 0.761. The molecule has 0 aromatic carbocycles. The fraction of sp³-hybridized carbons (Fsp3) is 0.600. The second-order valence-electron chi connectivity index (χ2n) is 6.32. The predicted molar refractivity (Wildman–Crippen MR) is 81.5 cm³/mol. The number of aliphatic carboxylic acids is 2. The molecule has 0 heterocycles.